The van der Waals surface area contributed by atoms with Gasteiger partial charge in [0.2, 0.25) is 5.91 Å². The van der Waals surface area contributed by atoms with Gasteiger partial charge in [-0.3, -0.25) is 4.79 Å². The molecule has 0 saturated carbocycles. The molecule has 1 saturated heterocycles. The molecule has 162 valence electrons. The molecule has 5 rings (SSSR count). The van der Waals surface area contributed by atoms with Gasteiger partial charge in [0.25, 0.3) is 0 Å². The van der Waals surface area contributed by atoms with E-state index in [9.17, 15) is 4.79 Å². The van der Waals surface area contributed by atoms with E-state index in [0.717, 1.165) is 35.8 Å². The maximum Gasteiger partial charge on any atom is 0.221 e. The molecule has 1 aliphatic rings. The van der Waals surface area contributed by atoms with Crippen LogP contribution >= 0.6 is 0 Å². The Hall–Kier alpha value is -4.05. The standard InChI is InChI=1S/C22H22N8O2/c1-14(31)26-16-3-5-17(6-4-16)27-22-19-21(25-13-24-19)28-20(29-22)15-2-7-18(23-12-15)30-8-10-32-11-9-30/h2-7,12-13H,8-11H2,1H3,(H,26,31)(H2,24,25,27,28,29). The van der Waals surface area contributed by atoms with Gasteiger partial charge < -0.3 is 25.3 Å². The summed E-state index contributed by atoms with van der Waals surface area (Å²) in [4.78, 5) is 34.7. The number of aromatic amines is 1. The Kier molecular flexibility index (Phi) is 5.34. The summed E-state index contributed by atoms with van der Waals surface area (Å²) in [6.07, 6.45) is 3.37. The average molecular weight is 430 g/mol. The van der Waals surface area contributed by atoms with Crippen molar-refractivity contribution < 1.29 is 9.53 Å². The van der Waals surface area contributed by atoms with Crippen molar-refractivity contribution in [3.8, 4) is 11.4 Å². The van der Waals surface area contributed by atoms with Crippen LogP contribution in [0.1, 0.15) is 6.92 Å². The third-order valence-electron chi connectivity index (χ3n) is 5.09. The summed E-state index contributed by atoms with van der Waals surface area (Å²) in [7, 11) is 0. The highest BCUT2D eigenvalue weighted by atomic mass is 16.5. The van der Waals surface area contributed by atoms with Crippen molar-refractivity contribution in [2.75, 3.05) is 41.8 Å². The molecule has 1 amide bonds. The number of pyridine rings is 1. The third kappa shape index (κ3) is 4.21. The fourth-order valence-corrected chi connectivity index (χ4v) is 3.53. The number of nitrogens with one attached hydrogen (secondary N) is 3. The van der Waals surface area contributed by atoms with Crippen molar-refractivity contribution in [3.05, 3.63) is 48.9 Å². The monoisotopic (exact) mass is 430 g/mol. The quantitative estimate of drug-likeness (QED) is 0.442. The van der Waals surface area contributed by atoms with Crippen molar-refractivity contribution in [1.82, 2.24) is 24.9 Å². The number of benzene rings is 1. The molecule has 0 unspecified atom stereocenters. The number of imidazole rings is 1. The molecule has 1 aromatic carbocycles. The lowest BCUT2D eigenvalue weighted by Gasteiger charge is -2.27. The molecule has 32 heavy (non-hydrogen) atoms. The summed E-state index contributed by atoms with van der Waals surface area (Å²) in [5.41, 5.74) is 3.61. The lowest BCUT2D eigenvalue weighted by atomic mass is 10.2. The first kappa shape index (κ1) is 19.9. The second-order valence-corrected chi connectivity index (χ2v) is 7.38. The minimum atomic E-state index is -0.112. The summed E-state index contributed by atoms with van der Waals surface area (Å²) in [5, 5.41) is 6.06. The Morgan fingerprint density at radius 3 is 2.53 bits per heavy atom. The lowest BCUT2D eigenvalue weighted by molar-refractivity contribution is -0.114. The molecule has 4 heterocycles. The fraction of sp³-hybridized carbons (Fsp3) is 0.227. The Morgan fingerprint density at radius 1 is 1.03 bits per heavy atom. The number of H-pyrrole nitrogens is 1. The molecule has 0 bridgehead atoms. The molecule has 1 fully saturated rings. The highest BCUT2D eigenvalue weighted by Crippen LogP contribution is 2.26. The van der Waals surface area contributed by atoms with Crippen LogP contribution in [0.5, 0.6) is 0 Å². The zero-order chi connectivity index (χ0) is 21.9. The van der Waals surface area contributed by atoms with E-state index in [1.54, 1.807) is 12.5 Å². The maximum absolute atomic E-state index is 11.2. The van der Waals surface area contributed by atoms with Gasteiger partial charge in [-0.15, -0.1) is 0 Å². The molecule has 3 N–H and O–H groups in total. The number of anilines is 4. The van der Waals surface area contributed by atoms with E-state index in [4.69, 9.17) is 9.72 Å². The predicted octanol–water partition coefficient (Wildman–Crippen LogP) is 2.95. The first-order valence-corrected chi connectivity index (χ1v) is 10.3. The van der Waals surface area contributed by atoms with E-state index in [1.807, 2.05) is 36.4 Å². The van der Waals surface area contributed by atoms with Crippen LogP contribution in [-0.2, 0) is 9.53 Å². The summed E-state index contributed by atoms with van der Waals surface area (Å²) >= 11 is 0. The molecular weight excluding hydrogens is 408 g/mol. The van der Waals surface area contributed by atoms with E-state index in [1.165, 1.54) is 6.92 Å². The number of hydrogen-bond acceptors (Lipinski definition) is 8. The van der Waals surface area contributed by atoms with Crippen LogP contribution in [0, 0.1) is 0 Å². The number of rotatable bonds is 5. The smallest absolute Gasteiger partial charge is 0.221 e. The number of amides is 1. The number of morpholine rings is 1. The summed E-state index contributed by atoms with van der Waals surface area (Å²) < 4.78 is 5.41. The number of aromatic nitrogens is 5. The van der Waals surface area contributed by atoms with Crippen molar-refractivity contribution in [2.24, 2.45) is 0 Å². The van der Waals surface area contributed by atoms with Gasteiger partial charge in [-0.05, 0) is 36.4 Å². The van der Waals surface area contributed by atoms with Crippen LogP contribution in [0.4, 0.5) is 23.0 Å². The first-order chi connectivity index (χ1) is 15.7. The molecule has 0 atom stereocenters. The number of carbonyl (C=O) groups excluding carboxylic acids is 1. The predicted molar refractivity (Wildman–Crippen MR) is 122 cm³/mol. The number of fused-ring (bicyclic) bond motifs is 1. The third-order valence-corrected chi connectivity index (χ3v) is 5.09. The summed E-state index contributed by atoms with van der Waals surface area (Å²) in [6, 6.07) is 11.3. The van der Waals surface area contributed by atoms with Gasteiger partial charge in [0, 0.05) is 43.1 Å². The van der Waals surface area contributed by atoms with Crippen LogP contribution in [0.2, 0.25) is 0 Å². The van der Waals surface area contributed by atoms with Gasteiger partial charge in [-0.1, -0.05) is 0 Å². The molecule has 1 aliphatic heterocycles. The van der Waals surface area contributed by atoms with Crippen LogP contribution in [-0.4, -0.2) is 57.1 Å². The van der Waals surface area contributed by atoms with Gasteiger partial charge >= 0.3 is 0 Å². The Labute approximate surface area is 184 Å². The minimum Gasteiger partial charge on any atom is -0.378 e. The molecule has 10 nitrogen and oxygen atoms in total. The largest absolute Gasteiger partial charge is 0.378 e. The van der Waals surface area contributed by atoms with E-state index in [0.29, 0.717) is 36.0 Å². The van der Waals surface area contributed by atoms with Crippen molar-refractivity contribution in [1.29, 1.82) is 0 Å². The van der Waals surface area contributed by atoms with Crippen LogP contribution in [0.15, 0.2) is 48.9 Å². The Morgan fingerprint density at radius 2 is 1.81 bits per heavy atom. The lowest BCUT2D eigenvalue weighted by Crippen LogP contribution is -2.36. The minimum absolute atomic E-state index is 0.112. The van der Waals surface area contributed by atoms with Crippen molar-refractivity contribution in [3.63, 3.8) is 0 Å². The first-order valence-electron chi connectivity index (χ1n) is 10.3. The van der Waals surface area contributed by atoms with Crippen molar-refractivity contribution in [2.45, 2.75) is 6.92 Å². The highest BCUT2D eigenvalue weighted by molar-refractivity contribution is 5.89. The van der Waals surface area contributed by atoms with E-state index in [2.05, 4.69) is 35.5 Å². The summed E-state index contributed by atoms with van der Waals surface area (Å²) in [5.74, 6) is 1.93. The van der Waals surface area contributed by atoms with Crippen LogP contribution in [0.25, 0.3) is 22.6 Å². The number of ether oxygens (including phenoxy) is 1. The van der Waals surface area contributed by atoms with Gasteiger partial charge in [0.15, 0.2) is 17.3 Å². The van der Waals surface area contributed by atoms with Gasteiger partial charge in [-0.25, -0.2) is 19.9 Å². The number of carbonyl (C=O) groups is 1. The molecular formula is C22H22N8O2. The fourth-order valence-electron chi connectivity index (χ4n) is 3.53. The van der Waals surface area contributed by atoms with E-state index < -0.39 is 0 Å². The zero-order valence-corrected chi connectivity index (χ0v) is 17.5. The molecule has 4 aromatic rings. The van der Waals surface area contributed by atoms with Crippen molar-refractivity contribution >= 4 is 40.1 Å². The topological polar surface area (TPSA) is 121 Å². The Balaban J connectivity index is 1.42. The molecule has 0 aliphatic carbocycles. The molecule has 10 heteroatoms. The normalized spacial score (nSPS) is 13.8. The average Bonchev–Trinajstić information content (AvgIpc) is 3.30. The van der Waals surface area contributed by atoms with E-state index >= 15 is 0 Å². The van der Waals surface area contributed by atoms with Crippen LogP contribution < -0.4 is 15.5 Å². The second-order valence-electron chi connectivity index (χ2n) is 7.38. The van der Waals surface area contributed by atoms with E-state index in [-0.39, 0.29) is 5.91 Å². The number of hydrogen-bond donors (Lipinski definition) is 3. The summed E-state index contributed by atoms with van der Waals surface area (Å²) in [6.45, 7) is 4.56. The number of nitrogens with zero attached hydrogens (tertiary/aromatic N) is 5. The van der Waals surface area contributed by atoms with Crippen LogP contribution in [0.3, 0.4) is 0 Å². The molecule has 0 spiro atoms. The highest BCUT2D eigenvalue weighted by Gasteiger charge is 2.15. The van der Waals surface area contributed by atoms with Gasteiger partial charge in [0.1, 0.15) is 11.3 Å². The zero-order valence-electron chi connectivity index (χ0n) is 17.5. The second kappa shape index (κ2) is 8.60. The maximum atomic E-state index is 11.2. The Bertz CT molecular complexity index is 1230. The molecule has 0 radical (unpaired) electrons. The van der Waals surface area contributed by atoms with Gasteiger partial charge in [-0.2, -0.15) is 0 Å². The van der Waals surface area contributed by atoms with Gasteiger partial charge in [0.05, 0.1) is 19.5 Å². The molecule has 3 aromatic heterocycles. The SMILES string of the molecule is CC(=O)Nc1ccc(Nc2nc(-c3ccc(N4CCOCC4)nc3)nc3nc[nH]c23)cc1.